The number of nitrogens with zero attached hydrogens (tertiary/aromatic N) is 15. The van der Waals surface area contributed by atoms with E-state index < -0.39 is 69.5 Å². The second-order valence-corrected chi connectivity index (χ2v) is 40.9. The maximum Gasteiger partial charge on any atom is 0.264 e. The van der Waals surface area contributed by atoms with Crippen molar-refractivity contribution in [2.24, 2.45) is 29.6 Å². The van der Waals surface area contributed by atoms with E-state index in [2.05, 4.69) is 77.3 Å². The minimum atomic E-state index is -1.52. The van der Waals surface area contributed by atoms with Crippen molar-refractivity contribution in [3.05, 3.63) is 307 Å². The first-order valence-corrected chi connectivity index (χ1v) is 52.3. The van der Waals surface area contributed by atoms with Gasteiger partial charge in [0.15, 0.2) is 23.3 Å². The van der Waals surface area contributed by atoms with Gasteiger partial charge in [0.2, 0.25) is 11.8 Å². The summed E-state index contributed by atoms with van der Waals surface area (Å²) >= 11 is 1.52. The molecule has 34 heteroatoms. The Morgan fingerprint density at radius 1 is 0.320 bits per heavy atom. The molecule has 6 heterocycles. The topological polar surface area (TPSA) is 200 Å². The van der Waals surface area contributed by atoms with Crippen LogP contribution >= 0.6 is 11.3 Å². The summed E-state index contributed by atoms with van der Waals surface area (Å²) in [6.07, 6.45) is 7.91. The largest absolute Gasteiger partial charge is 0.497 e. The third kappa shape index (κ3) is 31.5. The Morgan fingerprint density at radius 3 is 0.987 bits per heavy atom. The van der Waals surface area contributed by atoms with Gasteiger partial charge in [-0.05, 0) is 251 Å². The molecule has 6 aromatic heterocycles. The number of aromatic nitrogens is 10. The number of aryl methyl sites for hydroxylation is 6. The van der Waals surface area contributed by atoms with Gasteiger partial charge in [-0.3, -0.25) is 24.0 Å². The van der Waals surface area contributed by atoms with Gasteiger partial charge in [-0.15, -0.1) is 11.3 Å². The summed E-state index contributed by atoms with van der Waals surface area (Å²) in [6, 6.07) is 42.8. The van der Waals surface area contributed by atoms with Crippen molar-refractivity contribution in [1.82, 2.24) is 72.3 Å². The lowest BCUT2D eigenvalue weighted by atomic mass is 10.1. The molecule has 15 rings (SSSR count). The van der Waals surface area contributed by atoms with E-state index in [9.17, 15) is 76.7 Å². The average Bonchev–Trinajstić information content (AvgIpc) is 1.69. The molecule has 0 atom stereocenters. The van der Waals surface area contributed by atoms with Crippen LogP contribution in [0.15, 0.2) is 176 Å². The van der Waals surface area contributed by atoms with Gasteiger partial charge in [-0.2, -0.15) is 0 Å². The van der Waals surface area contributed by atoms with E-state index in [-0.39, 0.29) is 85.4 Å². The predicted molar refractivity (Wildman–Crippen MR) is 566 cm³/mol. The number of carbonyl (C=O) groups excluding carboxylic acids is 5. The maximum absolute atomic E-state index is 14.3. The van der Waals surface area contributed by atoms with E-state index in [0.29, 0.717) is 141 Å². The first-order valence-electron chi connectivity index (χ1n) is 51.5. The number of imidazole rings is 5. The molecule has 802 valence electrons. The molecule has 150 heavy (non-hydrogen) atoms. The molecule has 0 aliphatic rings. The molecule has 0 saturated heterocycles. The minimum Gasteiger partial charge on any atom is -0.497 e. The van der Waals surface area contributed by atoms with Gasteiger partial charge in [0.1, 0.15) is 92.5 Å². The van der Waals surface area contributed by atoms with E-state index in [4.69, 9.17) is 14.7 Å². The van der Waals surface area contributed by atoms with E-state index >= 15 is 0 Å². The van der Waals surface area contributed by atoms with Crippen molar-refractivity contribution < 1.29 is 81.4 Å². The highest BCUT2D eigenvalue weighted by atomic mass is 32.1. The van der Waals surface area contributed by atoms with E-state index in [1.54, 1.807) is 59.0 Å². The van der Waals surface area contributed by atoms with Gasteiger partial charge in [0.25, 0.3) is 17.7 Å². The summed E-state index contributed by atoms with van der Waals surface area (Å²) < 4.78 is 182. The number of rotatable bonds is 42. The van der Waals surface area contributed by atoms with Crippen LogP contribution in [0.1, 0.15) is 237 Å². The molecule has 0 N–H and O–H groups in total. The third-order valence-corrected chi connectivity index (χ3v) is 26.1. The van der Waals surface area contributed by atoms with Crippen LogP contribution < -0.4 is 4.74 Å². The normalized spacial score (nSPS) is 11.4. The van der Waals surface area contributed by atoms with Crippen molar-refractivity contribution in [3.63, 3.8) is 0 Å². The van der Waals surface area contributed by atoms with Crippen molar-refractivity contribution in [1.29, 1.82) is 0 Å². The molecule has 21 nitrogen and oxygen atoms in total. The Morgan fingerprint density at radius 2 is 0.633 bits per heavy atom. The number of fused-ring (bicyclic) bond motifs is 5. The zero-order valence-corrected chi connectivity index (χ0v) is 89.4. The minimum absolute atomic E-state index is 0.0184. The summed E-state index contributed by atoms with van der Waals surface area (Å²) in [6.45, 7) is 39.3. The predicted octanol–water partition coefficient (Wildman–Crippen LogP) is 27.2. The summed E-state index contributed by atoms with van der Waals surface area (Å²) in [5.74, 6) is -6.12. The highest BCUT2D eigenvalue weighted by molar-refractivity contribution is 7.13. The Hall–Kier alpha value is -13.7. The van der Waals surface area contributed by atoms with Crippen LogP contribution in [0.5, 0.6) is 5.75 Å². The molecule has 0 unspecified atom stereocenters. The highest BCUT2D eigenvalue weighted by Gasteiger charge is 2.33. The second-order valence-electron chi connectivity index (χ2n) is 39.6. The number of hydrogen-bond acceptors (Lipinski definition) is 12. The number of carbonyl (C=O) groups is 5. The Kier molecular flexibility index (Phi) is 42.9. The van der Waals surface area contributed by atoms with E-state index in [1.165, 1.54) is 93.9 Å². The van der Waals surface area contributed by atoms with Crippen molar-refractivity contribution in [3.8, 4) is 5.75 Å². The lowest BCUT2D eigenvalue weighted by Crippen LogP contribution is -2.36. The molecule has 0 bridgehead atoms. The van der Waals surface area contributed by atoms with Crippen LogP contribution in [0.4, 0.5) is 52.7 Å². The third-order valence-electron chi connectivity index (χ3n) is 25.1. The lowest BCUT2D eigenvalue weighted by Gasteiger charge is -2.25. The number of ether oxygens (including phenoxy) is 1. The Bertz CT molecular complexity index is 7110. The average molecular weight is 2100 g/mol. The fourth-order valence-electron chi connectivity index (χ4n) is 17.4. The molecule has 0 fully saturated rings. The highest BCUT2D eigenvalue weighted by Crippen LogP contribution is 2.32. The molecule has 15 aromatic rings. The SMILES string of the molecule is CCCn1c(CN(CC(C)C)C(=O)c2c(F)ccc(F)c2F)nc2ccc(F)cc21.CCCn1c(CN(CCC(C)C)C(=O)Cc2cccc(F)c2)nc2ccc(F)cc21.CCCn1c(CN(CCC(C)C)C(=O)Cc2cccc(OC)c2)nc2ccc(F)cc21.CCCn1c(CN(CCC(C)C)C(=O)c2c(F)ccc(F)c2F)nc2cc(F)ccc21.CCCn1c(CN(CCC(C)C)C(=O)c2ccc(C)s2)nc2ccc(F)cc21. The van der Waals surface area contributed by atoms with Crippen LogP contribution in [-0.2, 0) is 87.9 Å². The molecule has 0 aliphatic heterocycles. The van der Waals surface area contributed by atoms with E-state index in [1.807, 2.05) is 113 Å². The van der Waals surface area contributed by atoms with Gasteiger partial charge in [0, 0.05) is 76.4 Å². The molecular formula is C116H137F12N15O6S. The number of benzene rings is 9. The fourth-order valence-corrected chi connectivity index (χ4v) is 18.3. The zero-order valence-electron chi connectivity index (χ0n) is 88.6. The molecule has 0 spiro atoms. The van der Waals surface area contributed by atoms with Gasteiger partial charge in [-0.1, -0.05) is 128 Å². The number of amides is 5. The van der Waals surface area contributed by atoms with Crippen molar-refractivity contribution >= 4 is 96.0 Å². The van der Waals surface area contributed by atoms with Crippen LogP contribution in [0.25, 0.3) is 55.2 Å². The summed E-state index contributed by atoms with van der Waals surface area (Å²) in [7, 11) is 1.62. The zero-order chi connectivity index (χ0) is 109. The van der Waals surface area contributed by atoms with Crippen LogP contribution in [0.3, 0.4) is 0 Å². The summed E-state index contributed by atoms with van der Waals surface area (Å²) in [4.78, 5) is 98.6. The first-order chi connectivity index (χ1) is 71.6. The van der Waals surface area contributed by atoms with Crippen LogP contribution in [0.2, 0.25) is 0 Å². The maximum atomic E-state index is 14.3. The Labute approximate surface area is 873 Å². The molecule has 0 aliphatic carbocycles. The number of halogens is 12. The smallest absolute Gasteiger partial charge is 0.264 e. The quantitative estimate of drug-likeness (QED) is 0.0260. The summed E-state index contributed by atoms with van der Waals surface area (Å²) in [5, 5.41) is 0. The number of methoxy groups -OCH3 is 1. The van der Waals surface area contributed by atoms with Gasteiger partial charge >= 0.3 is 0 Å². The molecule has 5 amide bonds. The van der Waals surface area contributed by atoms with Crippen LogP contribution in [0, 0.1) is 106 Å². The van der Waals surface area contributed by atoms with Gasteiger partial charge in [0.05, 0.1) is 113 Å². The van der Waals surface area contributed by atoms with Gasteiger partial charge in [-0.25, -0.2) is 77.6 Å². The monoisotopic (exact) mass is 2100 g/mol. The fraction of sp³-hybridized carbons (Fsp3) is 0.414. The Balaban J connectivity index is 0.000000178. The van der Waals surface area contributed by atoms with Crippen LogP contribution in [-0.4, -0.2) is 142 Å². The summed E-state index contributed by atoms with van der Waals surface area (Å²) in [5.41, 5.74) is 6.55. The van der Waals surface area contributed by atoms with Gasteiger partial charge < -0.3 is 52.1 Å². The van der Waals surface area contributed by atoms with E-state index in [0.717, 1.165) is 148 Å². The standard InChI is InChI=1S/C25H32FN3O2.C24H29F2N3O.C23H25F4N3O.C22H23F4N3O.C22H28FN3OS/c1-5-12-29-23-16-20(26)9-10-22(23)27-24(29)17-28(13-11-18(2)3)25(30)15-19-7-6-8-21(14-19)31-4;1-4-11-29-22-15-20(26)8-9-21(22)27-23(29)16-28(12-10-17(2)3)24(30)14-18-6-5-7-19(25)13-18;1-4-10-30-19-8-5-15(24)12-18(19)28-20(30)13-29(11-9-14(2)3)23(31)21-16(25)6-7-17(26)22(21)27;1-4-9-29-18-10-14(23)5-8-17(18)27-19(29)12-28(11-13(2)3)22(30)20-15(24)6-7-16(25)21(20)26;1-5-11-26-19-13-17(23)7-8-18(19)24-21(26)14-25(12-10-15(2)3)22(27)20-9-6-16(4)28-20/h6-10,14,16,18H,5,11-13,15,17H2,1-4H3;5-9,13,15,17H,4,10-12,14,16H2,1-3H3;5-8,12,14H,4,9-11,13H2,1-3H3;5-8,10,13H,4,9,11-12H2,1-3H3;6-9,13,15H,5,10-12,14H2,1-4H3. The number of thiophene rings is 1. The lowest BCUT2D eigenvalue weighted by molar-refractivity contribution is -0.132. The molecule has 0 saturated carbocycles. The van der Waals surface area contributed by atoms with Crippen molar-refractivity contribution in [2.75, 3.05) is 39.8 Å². The number of hydrogen-bond donors (Lipinski definition) is 0. The first kappa shape index (κ1) is 117. The van der Waals surface area contributed by atoms with Crippen molar-refractivity contribution in [2.45, 2.75) is 247 Å². The molecule has 9 aromatic carbocycles. The molecular weight excluding hydrogens is 1960 g/mol. The second kappa shape index (κ2) is 55.2. The molecule has 0 radical (unpaired) electrons.